The van der Waals surface area contributed by atoms with E-state index in [1.54, 1.807) is 19.3 Å². The topological polar surface area (TPSA) is 45.4 Å². The molecule has 0 aromatic carbocycles. The lowest BCUT2D eigenvalue weighted by atomic mass is 9.99. The van der Waals surface area contributed by atoms with Crippen LogP contribution in [0, 0.1) is 0 Å². The maximum Gasteiger partial charge on any atom is 0.149 e. The van der Waals surface area contributed by atoms with Gasteiger partial charge >= 0.3 is 0 Å². The highest BCUT2D eigenvalue weighted by Gasteiger charge is 2.28. The van der Waals surface area contributed by atoms with Crippen molar-refractivity contribution >= 4 is 15.9 Å². The van der Waals surface area contributed by atoms with E-state index in [1.807, 2.05) is 0 Å². The summed E-state index contributed by atoms with van der Waals surface area (Å²) in [6.45, 7) is 5.65. The van der Waals surface area contributed by atoms with Gasteiger partial charge in [-0.2, -0.15) is 0 Å². The van der Waals surface area contributed by atoms with Crippen LogP contribution < -0.4 is 5.32 Å². The number of halogens is 1. The standard InChI is InChI=1S/C11H18BrNO2/c1-3-6-13-7-5-11(2,14)10-9(12)4-8-15-10/h4,8,13-14H,3,5-7H2,1-2H3. The fraction of sp³-hybridized carbons (Fsp3) is 0.636. The first-order chi connectivity index (χ1) is 7.08. The Balaban J connectivity index is 2.48. The molecule has 1 rings (SSSR count). The van der Waals surface area contributed by atoms with E-state index in [0.29, 0.717) is 12.2 Å². The molecular weight excluding hydrogens is 258 g/mol. The third kappa shape index (κ3) is 3.63. The quantitative estimate of drug-likeness (QED) is 0.785. The van der Waals surface area contributed by atoms with Crippen molar-refractivity contribution in [3.63, 3.8) is 0 Å². The molecular formula is C11H18BrNO2. The summed E-state index contributed by atoms with van der Waals surface area (Å²) in [5, 5.41) is 13.4. The Bertz CT molecular complexity index is 297. The van der Waals surface area contributed by atoms with Crippen LogP contribution in [0.1, 0.15) is 32.4 Å². The fourth-order valence-electron chi connectivity index (χ4n) is 1.43. The van der Waals surface area contributed by atoms with Crippen molar-refractivity contribution in [2.45, 2.75) is 32.3 Å². The minimum atomic E-state index is -0.914. The molecule has 0 spiro atoms. The normalized spacial score (nSPS) is 15.2. The van der Waals surface area contributed by atoms with Gasteiger partial charge in [-0.25, -0.2) is 0 Å². The van der Waals surface area contributed by atoms with Gasteiger partial charge in [-0.3, -0.25) is 0 Å². The Morgan fingerprint density at radius 3 is 2.80 bits per heavy atom. The fourth-order valence-corrected chi connectivity index (χ4v) is 2.05. The van der Waals surface area contributed by atoms with Crippen LogP contribution in [0.2, 0.25) is 0 Å². The molecule has 3 nitrogen and oxygen atoms in total. The average Bonchev–Trinajstić information content (AvgIpc) is 2.60. The van der Waals surface area contributed by atoms with E-state index < -0.39 is 5.60 Å². The van der Waals surface area contributed by atoms with Crippen LogP contribution in [0.5, 0.6) is 0 Å². The molecule has 0 bridgehead atoms. The number of hydrogen-bond donors (Lipinski definition) is 2. The Kier molecular flexibility index (Phi) is 4.83. The summed E-state index contributed by atoms with van der Waals surface area (Å²) in [5.41, 5.74) is -0.914. The zero-order valence-corrected chi connectivity index (χ0v) is 10.8. The lowest BCUT2D eigenvalue weighted by Crippen LogP contribution is -2.28. The number of aliphatic hydroxyl groups is 1. The third-order valence-corrected chi connectivity index (χ3v) is 2.95. The molecule has 0 aliphatic heterocycles. The Morgan fingerprint density at radius 2 is 2.27 bits per heavy atom. The van der Waals surface area contributed by atoms with Gasteiger partial charge in [0.15, 0.2) is 0 Å². The molecule has 15 heavy (non-hydrogen) atoms. The third-order valence-electron chi connectivity index (χ3n) is 2.32. The van der Waals surface area contributed by atoms with Gasteiger partial charge in [0, 0.05) is 0 Å². The predicted molar refractivity (Wildman–Crippen MR) is 63.8 cm³/mol. The number of hydrogen-bond acceptors (Lipinski definition) is 3. The summed E-state index contributed by atoms with van der Waals surface area (Å²) in [7, 11) is 0. The molecule has 0 saturated heterocycles. The summed E-state index contributed by atoms with van der Waals surface area (Å²) >= 11 is 3.35. The Labute approximate surface area is 99.0 Å². The second-order valence-electron chi connectivity index (χ2n) is 3.87. The molecule has 0 radical (unpaired) electrons. The molecule has 1 unspecified atom stereocenters. The van der Waals surface area contributed by atoms with Gasteiger partial charge in [0.2, 0.25) is 0 Å². The van der Waals surface area contributed by atoms with Crippen LogP contribution in [-0.4, -0.2) is 18.2 Å². The van der Waals surface area contributed by atoms with E-state index in [-0.39, 0.29) is 0 Å². The van der Waals surface area contributed by atoms with Crippen molar-refractivity contribution in [2.24, 2.45) is 0 Å². The molecule has 1 aromatic rings. The summed E-state index contributed by atoms with van der Waals surface area (Å²) in [6.07, 6.45) is 3.32. The summed E-state index contributed by atoms with van der Waals surface area (Å²) in [4.78, 5) is 0. The van der Waals surface area contributed by atoms with E-state index in [2.05, 4.69) is 28.2 Å². The lowest BCUT2D eigenvalue weighted by Gasteiger charge is -2.21. The van der Waals surface area contributed by atoms with Crippen LogP contribution in [0.15, 0.2) is 21.2 Å². The summed E-state index contributed by atoms with van der Waals surface area (Å²) in [5.74, 6) is 0.598. The van der Waals surface area contributed by atoms with Crippen LogP contribution in [0.25, 0.3) is 0 Å². The smallest absolute Gasteiger partial charge is 0.149 e. The minimum Gasteiger partial charge on any atom is -0.465 e. The van der Waals surface area contributed by atoms with Crippen molar-refractivity contribution in [3.05, 3.63) is 22.6 Å². The highest BCUT2D eigenvalue weighted by molar-refractivity contribution is 9.10. The van der Waals surface area contributed by atoms with Gasteiger partial charge in [-0.1, -0.05) is 6.92 Å². The molecule has 0 fully saturated rings. The van der Waals surface area contributed by atoms with E-state index in [9.17, 15) is 5.11 Å². The largest absolute Gasteiger partial charge is 0.465 e. The summed E-state index contributed by atoms with van der Waals surface area (Å²) in [6, 6.07) is 1.79. The highest BCUT2D eigenvalue weighted by atomic mass is 79.9. The second kappa shape index (κ2) is 5.68. The van der Waals surface area contributed by atoms with Crippen molar-refractivity contribution in [2.75, 3.05) is 13.1 Å². The van der Waals surface area contributed by atoms with Crippen molar-refractivity contribution in [1.29, 1.82) is 0 Å². The van der Waals surface area contributed by atoms with Gasteiger partial charge in [0.05, 0.1) is 10.7 Å². The zero-order chi connectivity index (χ0) is 11.3. The van der Waals surface area contributed by atoms with Gasteiger partial charge < -0.3 is 14.8 Å². The van der Waals surface area contributed by atoms with Gasteiger partial charge in [-0.15, -0.1) is 0 Å². The van der Waals surface area contributed by atoms with E-state index >= 15 is 0 Å². The molecule has 2 N–H and O–H groups in total. The van der Waals surface area contributed by atoms with Crippen molar-refractivity contribution in [1.82, 2.24) is 5.32 Å². The lowest BCUT2D eigenvalue weighted by molar-refractivity contribution is 0.0248. The first kappa shape index (κ1) is 12.7. The molecule has 4 heteroatoms. The molecule has 0 aliphatic rings. The minimum absolute atomic E-state index is 0.598. The van der Waals surface area contributed by atoms with Crippen molar-refractivity contribution < 1.29 is 9.52 Å². The summed E-state index contributed by atoms with van der Waals surface area (Å²) < 4.78 is 6.08. The molecule has 1 atom stereocenters. The van der Waals surface area contributed by atoms with Crippen molar-refractivity contribution in [3.8, 4) is 0 Å². The van der Waals surface area contributed by atoms with E-state index in [4.69, 9.17) is 4.42 Å². The Hall–Kier alpha value is -0.320. The maximum atomic E-state index is 10.2. The van der Waals surface area contributed by atoms with Gasteiger partial charge in [0.1, 0.15) is 11.4 Å². The first-order valence-corrected chi connectivity index (χ1v) is 6.04. The molecule has 86 valence electrons. The van der Waals surface area contributed by atoms with E-state index in [1.165, 1.54) is 0 Å². The second-order valence-corrected chi connectivity index (χ2v) is 4.73. The molecule has 0 saturated carbocycles. The van der Waals surface area contributed by atoms with Gasteiger partial charge in [0.25, 0.3) is 0 Å². The Morgan fingerprint density at radius 1 is 1.53 bits per heavy atom. The first-order valence-electron chi connectivity index (χ1n) is 5.24. The number of nitrogens with one attached hydrogen (secondary N) is 1. The average molecular weight is 276 g/mol. The SMILES string of the molecule is CCCNCCC(C)(O)c1occc1Br. The molecule has 0 amide bonds. The van der Waals surface area contributed by atoms with E-state index in [0.717, 1.165) is 24.0 Å². The van der Waals surface area contributed by atoms with Crippen LogP contribution in [-0.2, 0) is 5.60 Å². The zero-order valence-electron chi connectivity index (χ0n) is 9.22. The number of furan rings is 1. The number of rotatable bonds is 6. The molecule has 0 aliphatic carbocycles. The van der Waals surface area contributed by atoms with Crippen LogP contribution >= 0.6 is 15.9 Å². The molecule has 1 aromatic heterocycles. The monoisotopic (exact) mass is 275 g/mol. The van der Waals surface area contributed by atoms with Gasteiger partial charge in [-0.05, 0) is 54.9 Å². The van der Waals surface area contributed by atoms with Crippen LogP contribution in [0.4, 0.5) is 0 Å². The maximum absolute atomic E-state index is 10.2. The predicted octanol–water partition coefficient (Wildman–Crippen LogP) is 2.64. The molecule has 1 heterocycles. The highest BCUT2D eigenvalue weighted by Crippen LogP contribution is 2.31. The van der Waals surface area contributed by atoms with Crippen LogP contribution in [0.3, 0.4) is 0 Å².